The molecule has 0 aliphatic rings. The number of hydrogen-bond donors (Lipinski definition) is 2. The first kappa shape index (κ1) is 15.3. The summed E-state index contributed by atoms with van der Waals surface area (Å²) in [5.74, 6) is -0.669. The molecule has 0 bridgehead atoms. The monoisotopic (exact) mass is 307 g/mol. The highest BCUT2D eigenvalue weighted by molar-refractivity contribution is 6.30. The second kappa shape index (κ2) is 6.56. The lowest BCUT2D eigenvalue weighted by Gasteiger charge is -2.13. The van der Waals surface area contributed by atoms with Crippen molar-refractivity contribution in [3.8, 4) is 5.75 Å². The summed E-state index contributed by atoms with van der Waals surface area (Å²) >= 11 is 5.85. The van der Waals surface area contributed by atoms with Crippen LogP contribution < -0.4 is 0 Å². The van der Waals surface area contributed by atoms with E-state index in [1.54, 1.807) is 19.1 Å². The number of hydrogen-bond acceptors (Lipinski definition) is 5. The summed E-state index contributed by atoms with van der Waals surface area (Å²) in [6.45, 7) is 1.93. The minimum absolute atomic E-state index is 0.0925. The molecule has 0 fully saturated rings. The molecule has 2 N–H and O–H groups in total. The predicted molar refractivity (Wildman–Crippen MR) is 77.4 cm³/mol. The summed E-state index contributed by atoms with van der Waals surface area (Å²) in [4.78, 5) is 15.7. The van der Waals surface area contributed by atoms with Crippen LogP contribution in [0, 0.1) is 0 Å². The molecule has 21 heavy (non-hydrogen) atoms. The van der Waals surface area contributed by atoms with Crippen molar-refractivity contribution in [2.45, 2.75) is 13.0 Å². The van der Waals surface area contributed by atoms with Crippen molar-refractivity contribution in [1.82, 2.24) is 4.98 Å². The Hall–Kier alpha value is -2.11. The zero-order valence-corrected chi connectivity index (χ0v) is 12.0. The smallest absolute Gasteiger partial charge is 0.356 e. The molecular weight excluding hydrogens is 294 g/mol. The summed E-state index contributed by atoms with van der Waals surface area (Å²) in [5.41, 5.74) is 0.532. The fourth-order valence-corrected chi connectivity index (χ4v) is 2.01. The average molecular weight is 308 g/mol. The molecule has 0 radical (unpaired) electrons. The van der Waals surface area contributed by atoms with Gasteiger partial charge in [0.25, 0.3) is 0 Å². The number of phenolic OH excluding ortho intramolecular Hbond substituents is 1. The number of rotatable bonds is 4. The van der Waals surface area contributed by atoms with Gasteiger partial charge in [-0.2, -0.15) is 0 Å². The zero-order valence-electron chi connectivity index (χ0n) is 11.3. The van der Waals surface area contributed by atoms with Gasteiger partial charge in [-0.3, -0.25) is 0 Å². The first-order chi connectivity index (χ1) is 10.0. The molecule has 0 amide bonds. The Bertz CT molecular complexity index is 660. The summed E-state index contributed by atoms with van der Waals surface area (Å²) in [7, 11) is 0. The van der Waals surface area contributed by atoms with Gasteiger partial charge < -0.3 is 14.9 Å². The summed E-state index contributed by atoms with van der Waals surface area (Å²) in [6, 6.07) is 8.96. The van der Waals surface area contributed by atoms with Crippen LogP contribution in [0.15, 0.2) is 36.4 Å². The number of carbonyl (C=O) groups is 1. The molecule has 0 aliphatic carbocycles. The maximum absolute atomic E-state index is 11.6. The number of aliphatic hydroxyl groups excluding tert-OH is 1. The number of esters is 1. The van der Waals surface area contributed by atoms with E-state index in [0.29, 0.717) is 5.02 Å². The van der Waals surface area contributed by atoms with Crippen molar-refractivity contribution < 1.29 is 19.7 Å². The zero-order chi connectivity index (χ0) is 15.4. The summed E-state index contributed by atoms with van der Waals surface area (Å²) < 4.78 is 4.86. The summed E-state index contributed by atoms with van der Waals surface area (Å²) in [6.07, 6.45) is -1.20. The quantitative estimate of drug-likeness (QED) is 0.849. The molecule has 2 aromatic rings. The molecule has 1 unspecified atom stereocenters. The lowest BCUT2D eigenvalue weighted by molar-refractivity contribution is 0.0518. The molecule has 110 valence electrons. The third kappa shape index (κ3) is 3.51. The van der Waals surface area contributed by atoms with Gasteiger partial charge in [0, 0.05) is 10.6 Å². The van der Waals surface area contributed by atoms with Gasteiger partial charge in [0.15, 0.2) is 0 Å². The molecule has 6 heteroatoms. The van der Waals surface area contributed by atoms with Crippen molar-refractivity contribution in [3.05, 3.63) is 58.4 Å². The van der Waals surface area contributed by atoms with Crippen molar-refractivity contribution in [3.63, 3.8) is 0 Å². The second-order valence-corrected chi connectivity index (χ2v) is 4.71. The Labute approximate surface area is 126 Å². The summed E-state index contributed by atoms with van der Waals surface area (Å²) in [5, 5.41) is 20.5. The standard InChI is InChI=1S/C15H14ClNO4/c1-2-21-15(20)12-5-3-4-11(17-12)14(19)10-8-9(16)6-7-13(10)18/h3-8,14,18-19H,2H2,1H3. The maximum atomic E-state index is 11.6. The normalized spacial score (nSPS) is 12.0. The Morgan fingerprint density at radius 3 is 2.86 bits per heavy atom. The van der Waals surface area contributed by atoms with Gasteiger partial charge in [0.2, 0.25) is 0 Å². The van der Waals surface area contributed by atoms with Crippen LogP contribution >= 0.6 is 11.6 Å². The molecule has 1 heterocycles. The van der Waals surface area contributed by atoms with Crippen LogP contribution in [0.2, 0.25) is 5.02 Å². The topological polar surface area (TPSA) is 79.7 Å². The second-order valence-electron chi connectivity index (χ2n) is 4.27. The highest BCUT2D eigenvalue weighted by Gasteiger charge is 2.18. The average Bonchev–Trinajstić information content (AvgIpc) is 2.49. The van der Waals surface area contributed by atoms with Gasteiger partial charge in [0.1, 0.15) is 17.5 Å². The van der Waals surface area contributed by atoms with Gasteiger partial charge in [0.05, 0.1) is 12.3 Å². The molecule has 1 aromatic carbocycles. The lowest BCUT2D eigenvalue weighted by Crippen LogP contribution is -2.10. The van der Waals surface area contributed by atoms with E-state index in [9.17, 15) is 15.0 Å². The molecule has 0 aliphatic heterocycles. The highest BCUT2D eigenvalue weighted by Crippen LogP contribution is 2.30. The minimum atomic E-state index is -1.20. The number of aliphatic hydroxyl groups is 1. The fraction of sp³-hybridized carbons (Fsp3) is 0.200. The fourth-order valence-electron chi connectivity index (χ4n) is 1.83. The van der Waals surface area contributed by atoms with Crippen LogP contribution in [-0.4, -0.2) is 27.8 Å². The van der Waals surface area contributed by atoms with Crippen molar-refractivity contribution in [2.75, 3.05) is 6.61 Å². The largest absolute Gasteiger partial charge is 0.508 e. The van der Waals surface area contributed by atoms with Gasteiger partial charge in [-0.15, -0.1) is 0 Å². The van der Waals surface area contributed by atoms with Crippen LogP contribution in [0.1, 0.15) is 34.8 Å². The third-order valence-electron chi connectivity index (χ3n) is 2.82. The van der Waals surface area contributed by atoms with Crippen LogP contribution in [0.5, 0.6) is 5.75 Å². The molecule has 1 aromatic heterocycles. The highest BCUT2D eigenvalue weighted by atomic mass is 35.5. The number of phenols is 1. The SMILES string of the molecule is CCOC(=O)c1cccc(C(O)c2cc(Cl)ccc2O)n1. The Balaban J connectivity index is 2.35. The van der Waals surface area contributed by atoms with Crippen LogP contribution in [-0.2, 0) is 4.74 Å². The van der Waals surface area contributed by atoms with Crippen molar-refractivity contribution in [1.29, 1.82) is 0 Å². The predicted octanol–water partition coefficient (Wildman–Crippen LogP) is 2.70. The number of carbonyl (C=O) groups excluding carboxylic acids is 1. The molecule has 2 rings (SSSR count). The number of nitrogens with zero attached hydrogens (tertiary/aromatic N) is 1. The third-order valence-corrected chi connectivity index (χ3v) is 3.05. The van der Waals surface area contributed by atoms with Crippen LogP contribution in [0.25, 0.3) is 0 Å². The van der Waals surface area contributed by atoms with E-state index in [2.05, 4.69) is 4.98 Å². The van der Waals surface area contributed by atoms with E-state index in [0.717, 1.165) is 0 Å². The van der Waals surface area contributed by atoms with E-state index >= 15 is 0 Å². The number of aromatic hydroxyl groups is 1. The Kier molecular flexibility index (Phi) is 4.77. The van der Waals surface area contributed by atoms with Crippen LogP contribution in [0.4, 0.5) is 0 Å². The molecule has 5 nitrogen and oxygen atoms in total. The van der Waals surface area contributed by atoms with E-state index in [-0.39, 0.29) is 29.3 Å². The van der Waals surface area contributed by atoms with E-state index < -0.39 is 12.1 Å². The Morgan fingerprint density at radius 2 is 2.14 bits per heavy atom. The number of halogens is 1. The molecule has 0 saturated heterocycles. The lowest BCUT2D eigenvalue weighted by atomic mass is 10.0. The van der Waals surface area contributed by atoms with E-state index in [1.165, 1.54) is 24.3 Å². The van der Waals surface area contributed by atoms with E-state index in [1.807, 2.05) is 0 Å². The number of pyridine rings is 1. The Morgan fingerprint density at radius 1 is 1.38 bits per heavy atom. The van der Waals surface area contributed by atoms with E-state index in [4.69, 9.17) is 16.3 Å². The molecular formula is C15H14ClNO4. The van der Waals surface area contributed by atoms with Gasteiger partial charge in [-0.1, -0.05) is 17.7 Å². The van der Waals surface area contributed by atoms with Gasteiger partial charge >= 0.3 is 5.97 Å². The minimum Gasteiger partial charge on any atom is -0.508 e. The van der Waals surface area contributed by atoms with Crippen molar-refractivity contribution in [2.24, 2.45) is 0 Å². The van der Waals surface area contributed by atoms with Gasteiger partial charge in [-0.05, 0) is 37.3 Å². The number of aromatic nitrogens is 1. The number of ether oxygens (including phenoxy) is 1. The first-order valence-electron chi connectivity index (χ1n) is 6.33. The number of benzene rings is 1. The van der Waals surface area contributed by atoms with Crippen LogP contribution in [0.3, 0.4) is 0 Å². The van der Waals surface area contributed by atoms with Crippen molar-refractivity contribution >= 4 is 17.6 Å². The molecule has 0 spiro atoms. The molecule has 0 saturated carbocycles. The molecule has 1 atom stereocenters. The first-order valence-corrected chi connectivity index (χ1v) is 6.71. The van der Waals surface area contributed by atoms with Gasteiger partial charge in [-0.25, -0.2) is 9.78 Å². The maximum Gasteiger partial charge on any atom is 0.356 e.